The van der Waals surface area contributed by atoms with Gasteiger partial charge in [0.15, 0.2) is 0 Å². The molecule has 0 radical (unpaired) electrons. The highest BCUT2D eigenvalue weighted by atomic mass is 32.2. The van der Waals surface area contributed by atoms with E-state index in [-0.39, 0.29) is 6.04 Å². The van der Waals surface area contributed by atoms with Crippen molar-refractivity contribution in [2.45, 2.75) is 56.9 Å². The molecule has 8 heteroatoms. The van der Waals surface area contributed by atoms with Gasteiger partial charge in [-0.2, -0.15) is 8.68 Å². The van der Waals surface area contributed by atoms with Gasteiger partial charge in [0.1, 0.15) is 5.82 Å². The van der Waals surface area contributed by atoms with Crippen LogP contribution in [-0.2, 0) is 10.0 Å². The Balaban J connectivity index is 1.47. The molecule has 0 aromatic carbocycles. The van der Waals surface area contributed by atoms with Crippen molar-refractivity contribution in [3.05, 3.63) is 5.82 Å². The van der Waals surface area contributed by atoms with Crippen molar-refractivity contribution in [1.29, 1.82) is 0 Å². The lowest BCUT2D eigenvalue weighted by molar-refractivity contribution is 0.299. The third-order valence-electron chi connectivity index (χ3n) is 5.36. The number of rotatable bonds is 3. The zero-order valence-corrected chi connectivity index (χ0v) is 15.0. The molecule has 1 atom stereocenters. The van der Waals surface area contributed by atoms with Crippen LogP contribution in [0.15, 0.2) is 0 Å². The van der Waals surface area contributed by atoms with E-state index in [1.807, 2.05) is 0 Å². The molecule has 128 valence electrons. The molecule has 2 saturated heterocycles. The summed E-state index contributed by atoms with van der Waals surface area (Å²) in [6.07, 6.45) is 7.76. The molecular formula is C15H24N4O2S2. The summed E-state index contributed by atoms with van der Waals surface area (Å²) in [5, 5.41) is 0.980. The predicted octanol–water partition coefficient (Wildman–Crippen LogP) is 2.20. The van der Waals surface area contributed by atoms with Gasteiger partial charge in [0.2, 0.25) is 15.2 Å². The van der Waals surface area contributed by atoms with Gasteiger partial charge in [-0.05, 0) is 32.1 Å². The first-order valence-electron chi connectivity index (χ1n) is 8.71. The van der Waals surface area contributed by atoms with Crippen LogP contribution < -0.4 is 4.90 Å². The molecule has 2 aliphatic heterocycles. The van der Waals surface area contributed by atoms with Crippen LogP contribution in [0.2, 0.25) is 0 Å². The van der Waals surface area contributed by atoms with Crippen LogP contribution in [0, 0.1) is 0 Å². The maximum atomic E-state index is 12.2. The monoisotopic (exact) mass is 356 g/mol. The molecule has 4 rings (SSSR count). The van der Waals surface area contributed by atoms with Gasteiger partial charge in [-0.3, -0.25) is 0 Å². The number of hydrogen-bond donors (Lipinski definition) is 0. The fourth-order valence-electron chi connectivity index (χ4n) is 4.14. The van der Waals surface area contributed by atoms with Crippen LogP contribution >= 0.6 is 11.5 Å². The van der Waals surface area contributed by atoms with Gasteiger partial charge < -0.3 is 4.90 Å². The number of aromatic nitrogens is 2. The summed E-state index contributed by atoms with van der Waals surface area (Å²) < 4.78 is 30.6. The van der Waals surface area contributed by atoms with Crippen molar-refractivity contribution in [1.82, 2.24) is 13.7 Å². The van der Waals surface area contributed by atoms with E-state index in [1.165, 1.54) is 37.2 Å². The highest BCUT2D eigenvalue weighted by Crippen LogP contribution is 2.35. The van der Waals surface area contributed by atoms with E-state index >= 15 is 0 Å². The molecule has 3 fully saturated rings. The Labute approximate surface area is 142 Å². The molecule has 6 nitrogen and oxygen atoms in total. The van der Waals surface area contributed by atoms with E-state index in [0.717, 1.165) is 43.3 Å². The molecule has 1 aliphatic carbocycles. The van der Waals surface area contributed by atoms with Gasteiger partial charge in [0.25, 0.3) is 0 Å². The minimum atomic E-state index is -3.03. The first-order chi connectivity index (χ1) is 11.1. The van der Waals surface area contributed by atoms with Crippen molar-refractivity contribution in [3.63, 3.8) is 0 Å². The molecule has 0 N–H and O–H groups in total. The molecule has 3 heterocycles. The van der Waals surface area contributed by atoms with Gasteiger partial charge in [0.05, 0.1) is 5.75 Å². The van der Waals surface area contributed by atoms with Crippen molar-refractivity contribution < 1.29 is 8.42 Å². The van der Waals surface area contributed by atoms with Gasteiger partial charge in [-0.15, -0.1) is 0 Å². The fraction of sp³-hybridized carbons (Fsp3) is 0.867. The predicted molar refractivity (Wildman–Crippen MR) is 91.5 cm³/mol. The third-order valence-corrected chi connectivity index (χ3v) is 8.15. The van der Waals surface area contributed by atoms with E-state index in [4.69, 9.17) is 4.98 Å². The van der Waals surface area contributed by atoms with Crippen LogP contribution in [0.25, 0.3) is 0 Å². The second-order valence-electron chi connectivity index (χ2n) is 6.94. The van der Waals surface area contributed by atoms with Crippen LogP contribution in [0.3, 0.4) is 0 Å². The van der Waals surface area contributed by atoms with Gasteiger partial charge in [-0.1, -0.05) is 12.8 Å². The lowest BCUT2D eigenvalue weighted by Gasteiger charge is -2.36. The molecule has 0 amide bonds. The first-order valence-corrected chi connectivity index (χ1v) is 11.1. The second kappa shape index (κ2) is 6.29. The topological polar surface area (TPSA) is 66.4 Å². The van der Waals surface area contributed by atoms with Crippen molar-refractivity contribution in [3.8, 4) is 0 Å². The maximum Gasteiger partial charge on any atom is 0.214 e. The van der Waals surface area contributed by atoms with E-state index < -0.39 is 10.0 Å². The maximum absolute atomic E-state index is 12.2. The standard InChI is InChI=1S/C15H24N4O2S2/c20-23(21)10-4-9-19(23)13-7-3-8-18(11-13)15-16-14(17-22-15)12-5-1-2-6-12/h12-13H,1-11H2. The third kappa shape index (κ3) is 3.13. The quantitative estimate of drug-likeness (QED) is 0.831. The fourth-order valence-corrected chi connectivity index (χ4v) is 6.68. The average molecular weight is 357 g/mol. The summed E-state index contributed by atoms with van der Waals surface area (Å²) in [4.78, 5) is 7.03. The molecule has 1 unspecified atom stereocenters. The summed E-state index contributed by atoms with van der Waals surface area (Å²) in [5.41, 5.74) is 0. The van der Waals surface area contributed by atoms with Gasteiger partial charge in [0, 0.05) is 43.1 Å². The molecule has 23 heavy (non-hydrogen) atoms. The number of hydrogen-bond acceptors (Lipinski definition) is 6. The zero-order valence-electron chi connectivity index (χ0n) is 13.4. The smallest absolute Gasteiger partial charge is 0.214 e. The lowest BCUT2D eigenvalue weighted by Crippen LogP contribution is -2.48. The van der Waals surface area contributed by atoms with Crippen molar-refractivity contribution in [2.75, 3.05) is 30.3 Å². The number of nitrogens with zero attached hydrogens (tertiary/aromatic N) is 4. The highest BCUT2D eigenvalue weighted by molar-refractivity contribution is 7.89. The Bertz CT molecular complexity index is 654. The van der Waals surface area contributed by atoms with E-state index in [9.17, 15) is 8.42 Å². The number of piperidine rings is 1. The number of anilines is 1. The first kappa shape index (κ1) is 15.8. The Kier molecular flexibility index (Phi) is 4.32. The minimum absolute atomic E-state index is 0.107. The molecule has 0 bridgehead atoms. The van der Waals surface area contributed by atoms with Crippen LogP contribution in [0.5, 0.6) is 0 Å². The second-order valence-corrected chi connectivity index (χ2v) is 9.71. The number of sulfonamides is 1. The minimum Gasteiger partial charge on any atom is -0.345 e. The average Bonchev–Trinajstić information content (AvgIpc) is 3.27. The normalized spacial score (nSPS) is 29.4. The molecule has 1 aromatic heterocycles. The van der Waals surface area contributed by atoms with Crippen LogP contribution in [-0.4, -0.2) is 53.5 Å². The largest absolute Gasteiger partial charge is 0.345 e. The van der Waals surface area contributed by atoms with E-state index in [2.05, 4.69) is 9.27 Å². The Hall–Kier alpha value is -0.730. The SMILES string of the molecule is O=S1(=O)CCCN1C1CCCN(c2nc(C3CCCC3)ns2)C1. The summed E-state index contributed by atoms with van der Waals surface area (Å²) in [6, 6.07) is 0.107. The van der Waals surface area contributed by atoms with Crippen molar-refractivity contribution in [2.24, 2.45) is 0 Å². The van der Waals surface area contributed by atoms with E-state index in [0.29, 0.717) is 18.2 Å². The Morgan fingerprint density at radius 1 is 1.04 bits per heavy atom. The Morgan fingerprint density at radius 2 is 1.87 bits per heavy atom. The molecular weight excluding hydrogens is 332 g/mol. The van der Waals surface area contributed by atoms with Gasteiger partial charge in [-0.25, -0.2) is 13.4 Å². The van der Waals surface area contributed by atoms with Crippen LogP contribution in [0.4, 0.5) is 5.13 Å². The van der Waals surface area contributed by atoms with Crippen LogP contribution in [0.1, 0.15) is 56.7 Å². The summed E-state index contributed by atoms with van der Waals surface area (Å²) in [5.74, 6) is 1.87. The summed E-state index contributed by atoms with van der Waals surface area (Å²) >= 11 is 1.48. The van der Waals surface area contributed by atoms with Gasteiger partial charge >= 0.3 is 0 Å². The Morgan fingerprint density at radius 3 is 2.61 bits per heavy atom. The summed E-state index contributed by atoms with van der Waals surface area (Å²) in [6.45, 7) is 2.41. The highest BCUT2D eigenvalue weighted by Gasteiger charge is 2.37. The van der Waals surface area contributed by atoms with E-state index in [1.54, 1.807) is 4.31 Å². The molecule has 1 aromatic rings. The molecule has 1 saturated carbocycles. The molecule has 0 spiro atoms. The molecule has 3 aliphatic rings. The zero-order chi connectivity index (χ0) is 15.9. The summed E-state index contributed by atoms with van der Waals surface area (Å²) in [7, 11) is -3.03. The van der Waals surface area contributed by atoms with Crippen molar-refractivity contribution >= 4 is 26.7 Å². The lowest BCUT2D eigenvalue weighted by atomic mass is 10.1.